The minimum Gasteiger partial charge on any atom is -0.497 e. The van der Waals surface area contributed by atoms with Crippen LogP contribution in [0.5, 0.6) is 5.75 Å². The molecule has 1 aromatic carbocycles. The molecule has 3 rings (SSSR count). The Bertz CT molecular complexity index is 753. The van der Waals surface area contributed by atoms with Crippen molar-refractivity contribution in [1.82, 2.24) is 14.3 Å². The van der Waals surface area contributed by atoms with Crippen molar-refractivity contribution in [2.24, 2.45) is 0 Å². The van der Waals surface area contributed by atoms with Crippen LogP contribution in [0.25, 0.3) is 0 Å². The second-order valence-corrected chi connectivity index (χ2v) is 7.41. The highest BCUT2D eigenvalue weighted by Crippen LogP contribution is 2.30. The Labute approximate surface area is 130 Å². The van der Waals surface area contributed by atoms with E-state index >= 15 is 0 Å². The number of rotatable bonds is 4. The molecule has 1 aliphatic rings. The maximum Gasteiger partial charge on any atom is 0.243 e. The zero-order valence-corrected chi connectivity index (χ0v) is 13.4. The van der Waals surface area contributed by atoms with Gasteiger partial charge in [-0.3, -0.25) is 0 Å². The lowest BCUT2D eigenvalue weighted by molar-refractivity contribution is 0.414. The van der Waals surface area contributed by atoms with E-state index in [0.717, 1.165) is 17.9 Å². The molecular formula is C15H19N3O3S. The summed E-state index contributed by atoms with van der Waals surface area (Å²) in [4.78, 5) is 7.81. The van der Waals surface area contributed by atoms with Gasteiger partial charge in [0.05, 0.1) is 12.0 Å². The van der Waals surface area contributed by atoms with Gasteiger partial charge in [0.1, 0.15) is 11.6 Å². The van der Waals surface area contributed by atoms with Gasteiger partial charge >= 0.3 is 0 Å². The summed E-state index contributed by atoms with van der Waals surface area (Å²) in [7, 11) is -1.91. The maximum atomic E-state index is 12.7. The van der Waals surface area contributed by atoms with Crippen molar-refractivity contribution < 1.29 is 13.2 Å². The first kappa shape index (κ1) is 15.1. The van der Waals surface area contributed by atoms with Crippen LogP contribution >= 0.6 is 0 Å². The van der Waals surface area contributed by atoms with Crippen LogP contribution in [-0.4, -0.2) is 42.9 Å². The normalized spacial score (nSPS) is 19.5. The molecule has 1 fully saturated rings. The number of aryl methyl sites for hydroxylation is 1. The highest BCUT2D eigenvalue weighted by atomic mass is 32.2. The van der Waals surface area contributed by atoms with E-state index in [9.17, 15) is 8.42 Å². The van der Waals surface area contributed by atoms with Gasteiger partial charge in [-0.15, -0.1) is 0 Å². The monoisotopic (exact) mass is 321 g/mol. The zero-order valence-electron chi connectivity index (χ0n) is 12.6. The van der Waals surface area contributed by atoms with Crippen LogP contribution in [0.4, 0.5) is 0 Å². The summed E-state index contributed by atoms with van der Waals surface area (Å²) in [6, 6.07) is 6.49. The molecular weight excluding hydrogens is 302 g/mol. The fourth-order valence-corrected chi connectivity index (χ4v) is 4.21. The quantitative estimate of drug-likeness (QED) is 0.933. The molecule has 1 saturated heterocycles. The van der Waals surface area contributed by atoms with Gasteiger partial charge < -0.3 is 9.72 Å². The van der Waals surface area contributed by atoms with E-state index in [1.54, 1.807) is 37.6 Å². The SMILES string of the molecule is COc1ccc(S(=O)(=O)N2CC[C@H](c3ncc(C)[nH]3)C2)cc1. The summed E-state index contributed by atoms with van der Waals surface area (Å²) >= 11 is 0. The lowest BCUT2D eigenvalue weighted by atomic mass is 10.1. The number of ether oxygens (including phenoxy) is 1. The van der Waals surface area contributed by atoms with Gasteiger partial charge in [-0.25, -0.2) is 13.4 Å². The highest BCUT2D eigenvalue weighted by Gasteiger charge is 2.34. The van der Waals surface area contributed by atoms with Gasteiger partial charge in [0.15, 0.2) is 0 Å². The van der Waals surface area contributed by atoms with Crippen LogP contribution in [0, 0.1) is 6.92 Å². The first-order valence-corrected chi connectivity index (χ1v) is 8.60. The molecule has 0 saturated carbocycles. The van der Waals surface area contributed by atoms with E-state index in [4.69, 9.17) is 4.74 Å². The number of imidazole rings is 1. The molecule has 7 heteroatoms. The molecule has 0 amide bonds. The fraction of sp³-hybridized carbons (Fsp3) is 0.400. The molecule has 1 atom stereocenters. The summed E-state index contributed by atoms with van der Waals surface area (Å²) < 4.78 is 31.9. The van der Waals surface area contributed by atoms with Gasteiger partial charge in [0.2, 0.25) is 10.0 Å². The van der Waals surface area contributed by atoms with E-state index in [1.165, 1.54) is 4.31 Å². The second kappa shape index (κ2) is 5.73. The van der Waals surface area contributed by atoms with Crippen LogP contribution in [0.2, 0.25) is 0 Å². The predicted octanol–water partition coefficient (Wildman–Crippen LogP) is 1.90. The van der Waals surface area contributed by atoms with E-state index in [1.807, 2.05) is 6.92 Å². The molecule has 1 aliphatic heterocycles. The molecule has 0 aliphatic carbocycles. The van der Waals surface area contributed by atoms with E-state index in [0.29, 0.717) is 23.7 Å². The number of aromatic nitrogens is 2. The number of aromatic amines is 1. The molecule has 1 N–H and O–H groups in total. The largest absolute Gasteiger partial charge is 0.497 e. The lowest BCUT2D eigenvalue weighted by Crippen LogP contribution is -2.28. The molecule has 0 spiro atoms. The van der Waals surface area contributed by atoms with E-state index in [2.05, 4.69) is 9.97 Å². The Hall–Kier alpha value is -1.86. The molecule has 2 heterocycles. The van der Waals surface area contributed by atoms with Crippen molar-refractivity contribution in [2.45, 2.75) is 24.2 Å². The number of nitrogens with zero attached hydrogens (tertiary/aromatic N) is 2. The van der Waals surface area contributed by atoms with Gasteiger partial charge in [0, 0.05) is 30.9 Å². The molecule has 22 heavy (non-hydrogen) atoms. The van der Waals surface area contributed by atoms with Crippen molar-refractivity contribution >= 4 is 10.0 Å². The van der Waals surface area contributed by atoms with Crippen molar-refractivity contribution in [2.75, 3.05) is 20.2 Å². The minimum absolute atomic E-state index is 0.127. The summed E-state index contributed by atoms with van der Waals surface area (Å²) in [5.41, 5.74) is 0.992. The molecule has 1 aromatic heterocycles. The number of nitrogens with one attached hydrogen (secondary N) is 1. The highest BCUT2D eigenvalue weighted by molar-refractivity contribution is 7.89. The standard InChI is InChI=1S/C15H19N3O3S/c1-11-9-16-15(17-11)12-7-8-18(10-12)22(19,20)14-5-3-13(21-2)4-6-14/h3-6,9,12H,7-8,10H2,1-2H3,(H,16,17)/t12-/m0/s1. The topological polar surface area (TPSA) is 75.3 Å². The third-order valence-corrected chi connectivity index (χ3v) is 5.84. The van der Waals surface area contributed by atoms with E-state index < -0.39 is 10.0 Å². The average molecular weight is 321 g/mol. The summed E-state index contributed by atoms with van der Waals surface area (Å²) in [5, 5.41) is 0. The molecule has 0 bridgehead atoms. The molecule has 0 unspecified atom stereocenters. The predicted molar refractivity (Wildman–Crippen MR) is 82.4 cm³/mol. The van der Waals surface area contributed by atoms with Crippen molar-refractivity contribution in [3.05, 3.63) is 42.0 Å². The van der Waals surface area contributed by atoms with Crippen LogP contribution in [0.15, 0.2) is 35.4 Å². The molecule has 0 radical (unpaired) electrons. The Balaban J connectivity index is 1.78. The smallest absolute Gasteiger partial charge is 0.243 e. The zero-order chi connectivity index (χ0) is 15.7. The minimum atomic E-state index is -3.46. The lowest BCUT2D eigenvalue weighted by Gasteiger charge is -2.16. The van der Waals surface area contributed by atoms with Crippen LogP contribution in [0.3, 0.4) is 0 Å². The molecule has 118 valence electrons. The third-order valence-electron chi connectivity index (χ3n) is 3.96. The number of H-pyrrole nitrogens is 1. The molecule has 2 aromatic rings. The van der Waals surface area contributed by atoms with Crippen molar-refractivity contribution in [3.63, 3.8) is 0 Å². The number of hydrogen-bond donors (Lipinski definition) is 1. The third kappa shape index (κ3) is 2.74. The Morgan fingerprint density at radius 1 is 1.32 bits per heavy atom. The summed E-state index contributed by atoms with van der Waals surface area (Å²) in [6.07, 6.45) is 2.55. The Kier molecular flexibility index (Phi) is 3.92. The van der Waals surface area contributed by atoms with Gasteiger partial charge in [-0.05, 0) is 37.6 Å². The van der Waals surface area contributed by atoms with Gasteiger partial charge in [0.25, 0.3) is 0 Å². The Morgan fingerprint density at radius 3 is 2.64 bits per heavy atom. The number of benzene rings is 1. The number of sulfonamides is 1. The van der Waals surface area contributed by atoms with E-state index in [-0.39, 0.29) is 5.92 Å². The number of methoxy groups -OCH3 is 1. The summed E-state index contributed by atoms with van der Waals surface area (Å²) in [5.74, 6) is 1.64. The van der Waals surface area contributed by atoms with Crippen molar-refractivity contribution in [3.8, 4) is 5.75 Å². The van der Waals surface area contributed by atoms with Crippen molar-refractivity contribution in [1.29, 1.82) is 0 Å². The van der Waals surface area contributed by atoms with Crippen LogP contribution in [-0.2, 0) is 10.0 Å². The first-order chi connectivity index (χ1) is 10.5. The second-order valence-electron chi connectivity index (χ2n) is 5.48. The summed E-state index contributed by atoms with van der Waals surface area (Å²) in [6.45, 7) is 2.91. The van der Waals surface area contributed by atoms with Gasteiger partial charge in [-0.1, -0.05) is 0 Å². The maximum absolute atomic E-state index is 12.7. The number of hydrogen-bond acceptors (Lipinski definition) is 4. The molecule has 6 nitrogen and oxygen atoms in total. The first-order valence-electron chi connectivity index (χ1n) is 7.16. The van der Waals surface area contributed by atoms with Gasteiger partial charge in [-0.2, -0.15) is 4.31 Å². The average Bonchev–Trinajstić information content (AvgIpc) is 3.16. The fourth-order valence-electron chi connectivity index (χ4n) is 2.71. The van der Waals surface area contributed by atoms with Crippen LogP contribution in [0.1, 0.15) is 23.9 Å². The Morgan fingerprint density at radius 2 is 2.05 bits per heavy atom. The van der Waals surface area contributed by atoms with Crippen LogP contribution < -0.4 is 4.74 Å².